The van der Waals surface area contributed by atoms with Gasteiger partial charge in [0.05, 0.1) is 12.1 Å². The summed E-state index contributed by atoms with van der Waals surface area (Å²) in [6.07, 6.45) is 0.912. The van der Waals surface area contributed by atoms with Gasteiger partial charge in [0.2, 0.25) is 0 Å². The Morgan fingerprint density at radius 1 is 1.43 bits per heavy atom. The number of hydrogen-bond acceptors (Lipinski definition) is 4. The summed E-state index contributed by atoms with van der Waals surface area (Å²) in [7, 11) is 5.63. The van der Waals surface area contributed by atoms with Crippen LogP contribution in [0.2, 0.25) is 5.02 Å². The van der Waals surface area contributed by atoms with Gasteiger partial charge < -0.3 is 15.0 Å². The third-order valence-corrected chi connectivity index (χ3v) is 4.78. The number of ether oxygens (including phenoxy) is 1. The molecule has 1 N–H and O–H groups in total. The molecule has 1 heterocycles. The van der Waals surface area contributed by atoms with Crippen molar-refractivity contribution in [1.29, 1.82) is 0 Å². The first-order chi connectivity index (χ1) is 10.0. The molecule has 6 heteroatoms. The monoisotopic (exact) mass is 326 g/mol. The highest BCUT2D eigenvalue weighted by Gasteiger charge is 2.17. The Kier molecular flexibility index (Phi) is 5.45. The lowest BCUT2D eigenvalue weighted by atomic mass is 10.2. The van der Waals surface area contributed by atoms with Gasteiger partial charge >= 0.3 is 0 Å². The van der Waals surface area contributed by atoms with E-state index in [0.717, 1.165) is 28.8 Å². The van der Waals surface area contributed by atoms with Gasteiger partial charge in [0.25, 0.3) is 5.91 Å². The number of nitrogens with zero attached hydrogens (tertiary/aromatic N) is 1. The molecule has 0 aliphatic carbocycles. The molecule has 114 valence electrons. The van der Waals surface area contributed by atoms with E-state index in [4.69, 9.17) is 16.3 Å². The maximum atomic E-state index is 12.2. The summed E-state index contributed by atoms with van der Waals surface area (Å²) in [5.41, 5.74) is 0. The minimum absolute atomic E-state index is 0.112. The number of nitrogens with one attached hydrogen (secondary N) is 1. The summed E-state index contributed by atoms with van der Waals surface area (Å²) in [5.74, 6) is 0.624. The molecule has 21 heavy (non-hydrogen) atoms. The molecule has 0 radical (unpaired) electrons. The van der Waals surface area contributed by atoms with Gasteiger partial charge in [-0.1, -0.05) is 11.6 Å². The summed E-state index contributed by atoms with van der Waals surface area (Å²) in [6.45, 7) is 1.59. The molecule has 2 rings (SSSR count). The van der Waals surface area contributed by atoms with Crippen LogP contribution in [-0.2, 0) is 0 Å². The van der Waals surface area contributed by atoms with E-state index in [1.165, 1.54) is 11.3 Å². The second kappa shape index (κ2) is 7.11. The topological polar surface area (TPSA) is 41.6 Å². The van der Waals surface area contributed by atoms with E-state index in [0.29, 0.717) is 16.4 Å². The van der Waals surface area contributed by atoms with Gasteiger partial charge in [0.15, 0.2) is 0 Å². The molecule has 2 aromatic rings. The number of carbonyl (C=O) groups excluding carboxylic acids is 1. The van der Waals surface area contributed by atoms with E-state index in [2.05, 4.69) is 10.2 Å². The maximum absolute atomic E-state index is 12.2. The fraction of sp³-hybridized carbons (Fsp3) is 0.400. The van der Waals surface area contributed by atoms with Crippen molar-refractivity contribution >= 4 is 38.9 Å². The van der Waals surface area contributed by atoms with E-state index in [-0.39, 0.29) is 5.91 Å². The zero-order valence-electron chi connectivity index (χ0n) is 12.4. The Morgan fingerprint density at radius 2 is 2.19 bits per heavy atom. The van der Waals surface area contributed by atoms with Gasteiger partial charge in [0, 0.05) is 16.6 Å². The first-order valence-corrected chi connectivity index (χ1v) is 7.91. The van der Waals surface area contributed by atoms with Crippen molar-refractivity contribution in [2.24, 2.45) is 0 Å². The molecule has 0 saturated heterocycles. The lowest BCUT2D eigenvalue weighted by molar-refractivity contribution is 0.0956. The zero-order chi connectivity index (χ0) is 15.4. The molecule has 1 aromatic heterocycles. The molecule has 0 fully saturated rings. The summed E-state index contributed by atoms with van der Waals surface area (Å²) in [5, 5.41) is 4.27. The molecule has 0 bridgehead atoms. The van der Waals surface area contributed by atoms with Crippen LogP contribution in [0.3, 0.4) is 0 Å². The third-order valence-electron chi connectivity index (χ3n) is 3.11. The van der Waals surface area contributed by atoms with Crippen LogP contribution in [0.5, 0.6) is 5.75 Å². The molecule has 0 atom stereocenters. The second-order valence-electron chi connectivity index (χ2n) is 5.02. The molecule has 1 amide bonds. The zero-order valence-corrected chi connectivity index (χ0v) is 14.0. The van der Waals surface area contributed by atoms with Crippen molar-refractivity contribution in [2.75, 3.05) is 34.3 Å². The molecule has 0 saturated carbocycles. The van der Waals surface area contributed by atoms with Gasteiger partial charge in [-0.25, -0.2) is 0 Å². The van der Waals surface area contributed by atoms with E-state index in [9.17, 15) is 4.79 Å². The first-order valence-electron chi connectivity index (χ1n) is 6.72. The van der Waals surface area contributed by atoms with Crippen molar-refractivity contribution in [3.63, 3.8) is 0 Å². The minimum Gasteiger partial charge on any atom is -0.497 e. The first kappa shape index (κ1) is 16.1. The molecule has 0 aliphatic rings. The number of rotatable bonds is 6. The number of hydrogen-bond donors (Lipinski definition) is 1. The average Bonchev–Trinajstić information content (AvgIpc) is 2.80. The van der Waals surface area contributed by atoms with E-state index in [1.807, 2.05) is 32.3 Å². The molecular weight excluding hydrogens is 308 g/mol. The van der Waals surface area contributed by atoms with Gasteiger partial charge in [-0.05, 0) is 45.3 Å². The van der Waals surface area contributed by atoms with Crippen molar-refractivity contribution in [3.05, 3.63) is 28.1 Å². The van der Waals surface area contributed by atoms with Crippen molar-refractivity contribution in [1.82, 2.24) is 10.2 Å². The third kappa shape index (κ3) is 3.87. The van der Waals surface area contributed by atoms with Crippen molar-refractivity contribution < 1.29 is 9.53 Å². The number of carbonyl (C=O) groups is 1. The van der Waals surface area contributed by atoms with Crippen LogP contribution in [0.1, 0.15) is 16.1 Å². The van der Waals surface area contributed by atoms with E-state index in [1.54, 1.807) is 7.11 Å². The predicted octanol–water partition coefficient (Wildman–Crippen LogP) is 3.24. The SMILES string of the molecule is COc1ccc2sc(C(=O)NCCCN(C)C)c(Cl)c2c1. The number of halogens is 1. The molecule has 0 spiro atoms. The molecule has 1 aromatic carbocycles. The Balaban J connectivity index is 2.10. The van der Waals surface area contributed by atoms with Crippen LogP contribution >= 0.6 is 22.9 Å². The number of benzene rings is 1. The van der Waals surface area contributed by atoms with Crippen LogP contribution in [0.15, 0.2) is 18.2 Å². The highest BCUT2D eigenvalue weighted by atomic mass is 35.5. The van der Waals surface area contributed by atoms with Gasteiger partial charge in [-0.2, -0.15) is 0 Å². The standard InChI is InChI=1S/C15H19ClN2O2S/c1-18(2)8-4-7-17-15(19)14-13(16)11-9-10(20-3)5-6-12(11)21-14/h5-6,9H,4,7-8H2,1-3H3,(H,17,19). The fourth-order valence-corrected chi connectivity index (χ4v) is 3.40. The van der Waals surface area contributed by atoms with Crippen LogP contribution in [0, 0.1) is 0 Å². The number of thiophene rings is 1. The smallest absolute Gasteiger partial charge is 0.262 e. The van der Waals surface area contributed by atoms with Gasteiger partial charge in [-0.3, -0.25) is 4.79 Å². The Hall–Kier alpha value is -1.30. The summed E-state index contributed by atoms with van der Waals surface area (Å²) >= 11 is 7.74. The number of fused-ring (bicyclic) bond motifs is 1. The van der Waals surface area contributed by atoms with Crippen LogP contribution < -0.4 is 10.1 Å². The minimum atomic E-state index is -0.112. The van der Waals surface area contributed by atoms with Crippen molar-refractivity contribution in [2.45, 2.75) is 6.42 Å². The van der Waals surface area contributed by atoms with Gasteiger partial charge in [0.1, 0.15) is 10.6 Å². The maximum Gasteiger partial charge on any atom is 0.262 e. The molecule has 0 unspecified atom stereocenters. The Morgan fingerprint density at radius 3 is 2.86 bits per heavy atom. The fourth-order valence-electron chi connectivity index (χ4n) is 2.00. The summed E-state index contributed by atoms with van der Waals surface area (Å²) in [4.78, 5) is 14.9. The predicted molar refractivity (Wildman–Crippen MR) is 88.9 cm³/mol. The molecule has 4 nitrogen and oxygen atoms in total. The van der Waals surface area contributed by atoms with Gasteiger partial charge in [-0.15, -0.1) is 11.3 Å². The largest absolute Gasteiger partial charge is 0.497 e. The summed E-state index contributed by atoms with van der Waals surface area (Å²) in [6, 6.07) is 5.65. The molecule has 0 aliphatic heterocycles. The quantitative estimate of drug-likeness (QED) is 0.829. The van der Waals surface area contributed by atoms with Crippen molar-refractivity contribution in [3.8, 4) is 5.75 Å². The average molecular weight is 327 g/mol. The summed E-state index contributed by atoms with van der Waals surface area (Å²) < 4.78 is 6.18. The van der Waals surface area contributed by atoms with Crippen LogP contribution in [-0.4, -0.2) is 45.1 Å². The normalized spacial score (nSPS) is 11.1. The second-order valence-corrected chi connectivity index (χ2v) is 6.45. The van der Waals surface area contributed by atoms with E-state index >= 15 is 0 Å². The Labute approximate surface area is 133 Å². The highest BCUT2D eigenvalue weighted by Crippen LogP contribution is 2.37. The highest BCUT2D eigenvalue weighted by molar-refractivity contribution is 7.21. The lowest BCUT2D eigenvalue weighted by Crippen LogP contribution is -2.26. The number of methoxy groups -OCH3 is 1. The molecular formula is C15H19ClN2O2S. The van der Waals surface area contributed by atoms with Crippen LogP contribution in [0.4, 0.5) is 0 Å². The lowest BCUT2D eigenvalue weighted by Gasteiger charge is -2.09. The number of amides is 1. The Bertz CT molecular complexity index is 640. The van der Waals surface area contributed by atoms with Crippen LogP contribution in [0.25, 0.3) is 10.1 Å². The van der Waals surface area contributed by atoms with E-state index < -0.39 is 0 Å².